The van der Waals surface area contributed by atoms with Gasteiger partial charge in [0.25, 0.3) is 0 Å². The predicted molar refractivity (Wildman–Crippen MR) is 96.9 cm³/mol. The van der Waals surface area contributed by atoms with E-state index in [2.05, 4.69) is 4.98 Å². The summed E-state index contributed by atoms with van der Waals surface area (Å²) in [7, 11) is -5.51. The van der Waals surface area contributed by atoms with Crippen molar-refractivity contribution < 1.29 is 30.7 Å². The molecule has 28 heavy (non-hydrogen) atoms. The molecule has 1 heterocycles. The highest BCUT2D eigenvalue weighted by molar-refractivity contribution is 7.93. The minimum atomic E-state index is -5.51. The number of halogens is 4. The van der Waals surface area contributed by atoms with E-state index in [-0.39, 0.29) is 23.9 Å². The lowest BCUT2D eigenvalue weighted by Crippen LogP contribution is -2.29. The SMILES string of the molecule is O=S(=O)(Nc1cccc(OCc2csc(-c3ccc(F)cc3)n2)c1)C(F)(F)F. The second-order valence-electron chi connectivity index (χ2n) is 5.52. The average molecular weight is 432 g/mol. The molecule has 1 N–H and O–H groups in total. The molecule has 0 radical (unpaired) electrons. The van der Waals surface area contributed by atoms with Crippen LogP contribution in [-0.4, -0.2) is 18.9 Å². The van der Waals surface area contributed by atoms with Crippen molar-refractivity contribution in [2.45, 2.75) is 12.1 Å². The number of anilines is 1. The molecule has 0 aliphatic rings. The number of nitrogens with one attached hydrogen (secondary N) is 1. The van der Waals surface area contributed by atoms with Gasteiger partial charge in [-0.3, -0.25) is 4.72 Å². The van der Waals surface area contributed by atoms with E-state index in [1.807, 2.05) is 0 Å². The first-order valence-electron chi connectivity index (χ1n) is 7.66. The Morgan fingerprint density at radius 1 is 1.11 bits per heavy atom. The van der Waals surface area contributed by atoms with Crippen LogP contribution in [0.15, 0.2) is 53.9 Å². The van der Waals surface area contributed by atoms with Gasteiger partial charge in [0.2, 0.25) is 0 Å². The highest BCUT2D eigenvalue weighted by Gasteiger charge is 2.46. The van der Waals surface area contributed by atoms with Crippen LogP contribution >= 0.6 is 11.3 Å². The third kappa shape index (κ3) is 4.78. The van der Waals surface area contributed by atoms with E-state index in [0.29, 0.717) is 10.7 Å². The molecule has 0 saturated carbocycles. The molecule has 0 saturated heterocycles. The molecule has 0 aliphatic carbocycles. The molecule has 2 aromatic carbocycles. The zero-order valence-corrected chi connectivity index (χ0v) is 15.5. The van der Waals surface area contributed by atoms with Crippen molar-refractivity contribution in [2.24, 2.45) is 0 Å². The number of thiazole rings is 1. The molecule has 3 rings (SSSR count). The summed E-state index contributed by atoms with van der Waals surface area (Å²) in [4.78, 5) is 4.35. The van der Waals surface area contributed by atoms with Crippen LogP contribution in [0.5, 0.6) is 5.75 Å². The smallest absolute Gasteiger partial charge is 0.487 e. The first-order valence-corrected chi connectivity index (χ1v) is 10.0. The van der Waals surface area contributed by atoms with Gasteiger partial charge in [0, 0.05) is 17.0 Å². The fourth-order valence-electron chi connectivity index (χ4n) is 2.12. The Morgan fingerprint density at radius 3 is 2.50 bits per heavy atom. The van der Waals surface area contributed by atoms with Crippen molar-refractivity contribution in [3.05, 3.63) is 65.4 Å². The summed E-state index contributed by atoms with van der Waals surface area (Å²) in [6.45, 7) is 0.0210. The normalized spacial score (nSPS) is 12.0. The molecule has 0 aliphatic heterocycles. The molecule has 3 aromatic rings. The van der Waals surface area contributed by atoms with Crippen molar-refractivity contribution in [3.8, 4) is 16.3 Å². The summed E-state index contributed by atoms with van der Waals surface area (Å²) in [5, 5.41) is 2.39. The van der Waals surface area contributed by atoms with Crippen LogP contribution in [0.3, 0.4) is 0 Å². The number of nitrogens with zero attached hydrogens (tertiary/aromatic N) is 1. The van der Waals surface area contributed by atoms with Crippen LogP contribution in [0.4, 0.5) is 23.2 Å². The molecule has 0 bridgehead atoms. The monoisotopic (exact) mass is 432 g/mol. The van der Waals surface area contributed by atoms with Gasteiger partial charge < -0.3 is 4.74 Å². The van der Waals surface area contributed by atoms with Crippen molar-refractivity contribution in [1.29, 1.82) is 0 Å². The summed E-state index contributed by atoms with van der Waals surface area (Å²) in [5.41, 5.74) is -4.40. The highest BCUT2D eigenvalue weighted by atomic mass is 32.2. The van der Waals surface area contributed by atoms with E-state index in [9.17, 15) is 26.0 Å². The second-order valence-corrected chi connectivity index (χ2v) is 8.05. The molecule has 1 aromatic heterocycles. The Kier molecular flexibility index (Phi) is 5.57. The summed E-state index contributed by atoms with van der Waals surface area (Å²) in [6.07, 6.45) is 0. The molecular formula is C17H12F4N2O3S2. The number of benzene rings is 2. The van der Waals surface area contributed by atoms with Gasteiger partial charge in [-0.05, 0) is 36.4 Å². The Balaban J connectivity index is 1.66. The Hall–Kier alpha value is -2.66. The van der Waals surface area contributed by atoms with Crippen molar-refractivity contribution in [3.63, 3.8) is 0 Å². The zero-order chi connectivity index (χ0) is 20.4. The number of hydrogen-bond acceptors (Lipinski definition) is 5. The van der Waals surface area contributed by atoms with E-state index in [1.165, 1.54) is 46.4 Å². The average Bonchev–Trinajstić information content (AvgIpc) is 3.08. The summed E-state index contributed by atoms with van der Waals surface area (Å²) in [6, 6.07) is 11.0. The van der Waals surface area contributed by atoms with E-state index < -0.39 is 15.5 Å². The van der Waals surface area contributed by atoms with Crippen molar-refractivity contribution >= 4 is 27.0 Å². The van der Waals surface area contributed by atoms with Gasteiger partial charge >= 0.3 is 15.5 Å². The van der Waals surface area contributed by atoms with Gasteiger partial charge in [-0.15, -0.1) is 11.3 Å². The van der Waals surface area contributed by atoms with Gasteiger partial charge in [0.15, 0.2) is 0 Å². The van der Waals surface area contributed by atoms with E-state index in [0.717, 1.165) is 11.6 Å². The predicted octanol–water partition coefficient (Wildman–Crippen LogP) is 4.79. The number of ether oxygens (including phenoxy) is 1. The maximum absolute atomic E-state index is 13.0. The fraction of sp³-hybridized carbons (Fsp3) is 0.118. The second kappa shape index (κ2) is 7.76. The lowest BCUT2D eigenvalue weighted by molar-refractivity contribution is -0.0429. The van der Waals surface area contributed by atoms with Crippen molar-refractivity contribution in [1.82, 2.24) is 4.98 Å². The lowest BCUT2D eigenvalue weighted by Gasteiger charge is -2.11. The summed E-state index contributed by atoms with van der Waals surface area (Å²) < 4.78 is 79.5. The quantitative estimate of drug-likeness (QED) is 0.569. The van der Waals surface area contributed by atoms with Crippen LogP contribution in [0.2, 0.25) is 0 Å². The number of sulfonamides is 1. The highest BCUT2D eigenvalue weighted by Crippen LogP contribution is 2.28. The molecular weight excluding hydrogens is 420 g/mol. The van der Waals surface area contributed by atoms with Gasteiger partial charge in [0.05, 0.1) is 11.4 Å². The van der Waals surface area contributed by atoms with E-state index in [4.69, 9.17) is 4.74 Å². The third-order valence-electron chi connectivity index (χ3n) is 3.42. The Labute approximate surface area is 161 Å². The summed E-state index contributed by atoms with van der Waals surface area (Å²) in [5.74, 6) is -0.191. The van der Waals surface area contributed by atoms with E-state index in [1.54, 1.807) is 17.5 Å². The van der Waals surface area contributed by atoms with Crippen LogP contribution in [-0.2, 0) is 16.6 Å². The van der Waals surface area contributed by atoms with Gasteiger partial charge in [-0.2, -0.15) is 21.6 Å². The van der Waals surface area contributed by atoms with E-state index >= 15 is 0 Å². The maximum Gasteiger partial charge on any atom is 0.516 e. The van der Waals surface area contributed by atoms with Crippen LogP contribution in [0.1, 0.15) is 5.69 Å². The number of aromatic nitrogens is 1. The largest absolute Gasteiger partial charge is 0.516 e. The van der Waals surface area contributed by atoms with Crippen molar-refractivity contribution in [2.75, 3.05) is 4.72 Å². The third-order valence-corrected chi connectivity index (χ3v) is 5.47. The molecule has 0 atom stereocenters. The van der Waals surface area contributed by atoms with Gasteiger partial charge in [0.1, 0.15) is 23.2 Å². The van der Waals surface area contributed by atoms with Crippen LogP contribution in [0.25, 0.3) is 10.6 Å². The molecule has 11 heteroatoms. The first-order chi connectivity index (χ1) is 13.1. The fourth-order valence-corrected chi connectivity index (χ4v) is 3.48. The molecule has 0 spiro atoms. The zero-order valence-electron chi connectivity index (χ0n) is 13.9. The standard InChI is InChI=1S/C17H12F4N2O3S2/c18-12-6-4-11(5-7-12)16-22-14(10-27-16)9-26-15-3-1-2-13(8-15)23-28(24,25)17(19,20)21/h1-8,10,23H,9H2. The maximum atomic E-state index is 13.0. The topological polar surface area (TPSA) is 68.3 Å². The van der Waals surface area contributed by atoms with Crippen LogP contribution < -0.4 is 9.46 Å². The number of rotatable bonds is 6. The van der Waals surface area contributed by atoms with Gasteiger partial charge in [-0.25, -0.2) is 9.37 Å². The molecule has 0 amide bonds. The first kappa shape index (κ1) is 20.1. The minimum Gasteiger partial charge on any atom is -0.487 e. The van der Waals surface area contributed by atoms with Crippen LogP contribution in [0, 0.1) is 5.82 Å². The van der Waals surface area contributed by atoms with Gasteiger partial charge in [-0.1, -0.05) is 6.07 Å². The minimum absolute atomic E-state index is 0.0210. The molecule has 0 fully saturated rings. The Bertz CT molecular complexity index is 1060. The molecule has 148 valence electrons. The number of hydrogen-bond donors (Lipinski definition) is 1. The lowest BCUT2D eigenvalue weighted by atomic mass is 10.2. The molecule has 5 nitrogen and oxygen atoms in total. The molecule has 0 unspecified atom stereocenters. The summed E-state index contributed by atoms with van der Waals surface area (Å²) >= 11 is 1.33. The Morgan fingerprint density at radius 2 is 1.82 bits per heavy atom. The number of alkyl halides is 3.